The third-order valence-corrected chi connectivity index (χ3v) is 4.00. The number of thioether (sulfide) groups is 1. The normalized spacial score (nSPS) is 9.92. The van der Waals surface area contributed by atoms with E-state index in [1.54, 1.807) is 24.3 Å². The van der Waals surface area contributed by atoms with Crippen molar-refractivity contribution in [1.29, 1.82) is 5.26 Å². The summed E-state index contributed by atoms with van der Waals surface area (Å²) in [6.45, 7) is 5.75. The number of hydrogen-bond donors (Lipinski definition) is 2. The minimum atomic E-state index is -0.741. The van der Waals surface area contributed by atoms with Crippen LogP contribution in [0, 0.1) is 31.4 Å². The van der Waals surface area contributed by atoms with Crippen LogP contribution >= 0.6 is 11.8 Å². The first-order valence-corrected chi connectivity index (χ1v) is 8.08. The summed E-state index contributed by atoms with van der Waals surface area (Å²) in [5, 5.41) is 15.8. The molecule has 2 aromatic rings. The van der Waals surface area contributed by atoms with Crippen LogP contribution in [0.2, 0.25) is 0 Å². The molecule has 2 aromatic carbocycles. The summed E-state index contributed by atoms with van der Waals surface area (Å²) in [5.41, 5.74) is 4.07. The number of hydrogen-bond acceptors (Lipinski definition) is 4. The van der Waals surface area contributed by atoms with Crippen LogP contribution in [0.25, 0.3) is 0 Å². The molecule has 0 fully saturated rings. The van der Waals surface area contributed by atoms with Crippen LogP contribution < -0.4 is 10.6 Å². The Morgan fingerprint density at radius 2 is 1.50 bits per heavy atom. The molecule has 0 saturated heterocycles. The van der Waals surface area contributed by atoms with Gasteiger partial charge < -0.3 is 10.6 Å². The fourth-order valence-corrected chi connectivity index (χ4v) is 2.77. The molecule has 2 amide bonds. The zero-order chi connectivity index (χ0) is 17.7. The number of nitrogens with one attached hydrogen (secondary N) is 2. The highest BCUT2D eigenvalue weighted by atomic mass is 32.2. The Balaban J connectivity index is 2.05. The summed E-state index contributed by atoms with van der Waals surface area (Å²) < 4.78 is 0. The predicted molar refractivity (Wildman–Crippen MR) is 95.8 cm³/mol. The molecule has 2 rings (SSSR count). The number of rotatable bonds is 3. The van der Waals surface area contributed by atoms with Crippen LogP contribution in [0.4, 0.5) is 11.4 Å². The van der Waals surface area contributed by atoms with Gasteiger partial charge in [-0.05, 0) is 67.9 Å². The number of anilines is 2. The van der Waals surface area contributed by atoms with E-state index in [0.717, 1.165) is 33.3 Å². The Bertz CT molecular complexity index is 800. The highest BCUT2D eigenvalue weighted by Crippen LogP contribution is 2.22. The number of amides is 2. The van der Waals surface area contributed by atoms with Gasteiger partial charge in [0, 0.05) is 16.3 Å². The van der Waals surface area contributed by atoms with E-state index in [2.05, 4.69) is 10.6 Å². The van der Waals surface area contributed by atoms with Gasteiger partial charge in [0.15, 0.2) is 0 Å². The van der Waals surface area contributed by atoms with Gasteiger partial charge >= 0.3 is 11.8 Å². The minimum absolute atomic E-state index is 0.495. The van der Waals surface area contributed by atoms with Crippen molar-refractivity contribution < 1.29 is 9.59 Å². The van der Waals surface area contributed by atoms with Gasteiger partial charge in [-0.2, -0.15) is 5.26 Å². The lowest BCUT2D eigenvalue weighted by atomic mass is 10.1. The molecule has 122 valence electrons. The molecule has 0 unspecified atom stereocenters. The monoisotopic (exact) mass is 339 g/mol. The summed E-state index contributed by atoms with van der Waals surface area (Å²) in [6, 6.07) is 10.6. The topological polar surface area (TPSA) is 82.0 Å². The summed E-state index contributed by atoms with van der Waals surface area (Å²) in [5.74, 6) is -1.46. The highest BCUT2D eigenvalue weighted by molar-refractivity contribution is 8.03. The van der Waals surface area contributed by atoms with Crippen molar-refractivity contribution in [3.63, 3.8) is 0 Å². The van der Waals surface area contributed by atoms with Crippen molar-refractivity contribution in [2.75, 3.05) is 10.6 Å². The highest BCUT2D eigenvalue weighted by Gasteiger charge is 2.16. The minimum Gasteiger partial charge on any atom is -0.318 e. The molecule has 2 N–H and O–H groups in total. The fraction of sp³-hybridized carbons (Fsp3) is 0.167. The largest absolute Gasteiger partial charge is 0.318 e. The molecule has 0 radical (unpaired) electrons. The zero-order valence-electron chi connectivity index (χ0n) is 13.6. The maximum absolute atomic E-state index is 12.1. The summed E-state index contributed by atoms with van der Waals surface area (Å²) in [7, 11) is 0. The van der Waals surface area contributed by atoms with E-state index in [9.17, 15) is 9.59 Å². The van der Waals surface area contributed by atoms with E-state index in [-0.39, 0.29) is 0 Å². The van der Waals surface area contributed by atoms with E-state index >= 15 is 0 Å². The maximum atomic E-state index is 12.1. The Morgan fingerprint density at radius 1 is 0.958 bits per heavy atom. The molecule has 0 saturated carbocycles. The number of thiocyanates is 1. The van der Waals surface area contributed by atoms with Crippen molar-refractivity contribution in [2.45, 2.75) is 25.7 Å². The van der Waals surface area contributed by atoms with Gasteiger partial charge in [0.25, 0.3) is 0 Å². The summed E-state index contributed by atoms with van der Waals surface area (Å²) >= 11 is 1.03. The van der Waals surface area contributed by atoms with E-state index < -0.39 is 11.8 Å². The number of aryl methyl sites for hydroxylation is 3. The number of carbonyl (C=O) groups is 2. The lowest BCUT2D eigenvalue weighted by Crippen LogP contribution is -2.29. The van der Waals surface area contributed by atoms with Gasteiger partial charge in [-0.25, -0.2) is 0 Å². The molecular weight excluding hydrogens is 322 g/mol. The Kier molecular flexibility index (Phi) is 5.61. The Hall–Kier alpha value is -2.78. The molecule has 24 heavy (non-hydrogen) atoms. The molecule has 6 heteroatoms. The third kappa shape index (κ3) is 4.37. The van der Waals surface area contributed by atoms with Crippen LogP contribution in [0.15, 0.2) is 41.3 Å². The predicted octanol–water partition coefficient (Wildman–Crippen LogP) is 3.76. The molecule has 0 aliphatic heterocycles. The van der Waals surface area contributed by atoms with E-state index in [1.807, 2.05) is 38.3 Å². The first-order chi connectivity index (χ1) is 11.4. The first kappa shape index (κ1) is 17.6. The number of carbonyl (C=O) groups excluding carboxylic acids is 2. The Morgan fingerprint density at radius 3 is 2.04 bits per heavy atom. The smallest absolute Gasteiger partial charge is 0.314 e. The second kappa shape index (κ2) is 7.66. The molecule has 0 aliphatic carbocycles. The van der Waals surface area contributed by atoms with Gasteiger partial charge in [0.2, 0.25) is 0 Å². The lowest BCUT2D eigenvalue weighted by molar-refractivity contribution is -0.133. The van der Waals surface area contributed by atoms with E-state index in [1.165, 1.54) is 0 Å². The fourth-order valence-electron chi connectivity index (χ4n) is 2.39. The van der Waals surface area contributed by atoms with Crippen molar-refractivity contribution >= 4 is 35.0 Å². The van der Waals surface area contributed by atoms with Crippen molar-refractivity contribution in [2.24, 2.45) is 0 Å². The average molecular weight is 339 g/mol. The second-order valence-corrected chi connectivity index (χ2v) is 6.26. The van der Waals surface area contributed by atoms with Crippen LogP contribution in [-0.2, 0) is 9.59 Å². The zero-order valence-corrected chi connectivity index (χ0v) is 14.5. The van der Waals surface area contributed by atoms with E-state index in [0.29, 0.717) is 11.4 Å². The van der Waals surface area contributed by atoms with Gasteiger partial charge in [0.1, 0.15) is 5.40 Å². The van der Waals surface area contributed by atoms with E-state index in [4.69, 9.17) is 5.26 Å². The molecule has 0 aromatic heterocycles. The van der Waals surface area contributed by atoms with Crippen LogP contribution in [-0.4, -0.2) is 11.8 Å². The summed E-state index contributed by atoms with van der Waals surface area (Å²) in [6.07, 6.45) is 0. The van der Waals surface area contributed by atoms with Crippen molar-refractivity contribution in [3.8, 4) is 5.40 Å². The van der Waals surface area contributed by atoms with Crippen LogP contribution in [0.1, 0.15) is 16.7 Å². The first-order valence-electron chi connectivity index (χ1n) is 7.27. The van der Waals surface area contributed by atoms with Gasteiger partial charge in [-0.3, -0.25) is 9.59 Å². The standard InChI is InChI=1S/C18H17N3O2S/c1-11-8-12(2)16(13(3)9-11)21-18(23)17(22)20-14-4-6-15(7-5-14)24-10-19/h4-9H,1-3H3,(H,20,22)(H,21,23). The maximum Gasteiger partial charge on any atom is 0.314 e. The van der Waals surface area contributed by atoms with Gasteiger partial charge in [-0.15, -0.1) is 0 Å². The second-order valence-electron chi connectivity index (χ2n) is 5.40. The molecule has 0 heterocycles. The molecule has 0 aliphatic rings. The third-order valence-electron chi connectivity index (χ3n) is 3.40. The quantitative estimate of drug-likeness (QED) is 0.507. The average Bonchev–Trinajstić information content (AvgIpc) is 2.52. The molecule has 0 bridgehead atoms. The molecular formula is C18H17N3O2S. The van der Waals surface area contributed by atoms with Crippen LogP contribution in [0.5, 0.6) is 0 Å². The number of nitriles is 1. The lowest BCUT2D eigenvalue weighted by Gasteiger charge is -2.12. The molecule has 0 atom stereocenters. The Labute approximate surface area is 145 Å². The van der Waals surface area contributed by atoms with Crippen LogP contribution in [0.3, 0.4) is 0 Å². The molecule has 5 nitrogen and oxygen atoms in total. The van der Waals surface area contributed by atoms with Gasteiger partial charge in [-0.1, -0.05) is 17.7 Å². The molecule has 0 spiro atoms. The number of nitrogens with zero attached hydrogens (tertiary/aromatic N) is 1. The van der Waals surface area contributed by atoms with Crippen molar-refractivity contribution in [1.82, 2.24) is 0 Å². The SMILES string of the molecule is Cc1cc(C)c(NC(=O)C(=O)Nc2ccc(SC#N)cc2)c(C)c1. The van der Waals surface area contributed by atoms with Gasteiger partial charge in [0.05, 0.1) is 0 Å². The number of benzene rings is 2. The summed E-state index contributed by atoms with van der Waals surface area (Å²) in [4.78, 5) is 24.9. The van der Waals surface area contributed by atoms with Crippen molar-refractivity contribution in [3.05, 3.63) is 53.1 Å².